The lowest BCUT2D eigenvalue weighted by atomic mass is 10.1. The van der Waals surface area contributed by atoms with Crippen LogP contribution in [0.15, 0.2) is 42.7 Å². The van der Waals surface area contributed by atoms with Crippen LogP contribution in [0.5, 0.6) is 0 Å². The van der Waals surface area contributed by atoms with Crippen molar-refractivity contribution in [3.63, 3.8) is 0 Å². The van der Waals surface area contributed by atoms with Crippen molar-refractivity contribution in [3.05, 3.63) is 65.2 Å². The van der Waals surface area contributed by atoms with Crippen LogP contribution in [0.1, 0.15) is 21.5 Å². The van der Waals surface area contributed by atoms with Crippen molar-refractivity contribution in [2.45, 2.75) is 13.1 Å². The second-order valence-electron chi connectivity index (χ2n) is 4.08. The lowest BCUT2D eigenvalue weighted by molar-refractivity contribution is 0.0696. The molecular formula is C14H13FN2O2. The number of aromatic carboxylic acids is 1. The van der Waals surface area contributed by atoms with Crippen molar-refractivity contribution in [3.8, 4) is 0 Å². The maximum atomic E-state index is 13.5. The van der Waals surface area contributed by atoms with Crippen LogP contribution in [0.3, 0.4) is 0 Å². The summed E-state index contributed by atoms with van der Waals surface area (Å²) in [4.78, 5) is 14.8. The first kappa shape index (κ1) is 13.2. The van der Waals surface area contributed by atoms with E-state index in [1.807, 2.05) is 12.1 Å². The van der Waals surface area contributed by atoms with Crippen LogP contribution in [-0.4, -0.2) is 16.1 Å². The topological polar surface area (TPSA) is 62.2 Å². The Hall–Kier alpha value is -2.27. The first-order valence-corrected chi connectivity index (χ1v) is 5.78. The van der Waals surface area contributed by atoms with Gasteiger partial charge >= 0.3 is 5.97 Å². The first-order chi connectivity index (χ1) is 9.16. The van der Waals surface area contributed by atoms with E-state index in [1.54, 1.807) is 12.4 Å². The highest BCUT2D eigenvalue weighted by Gasteiger charge is 2.08. The van der Waals surface area contributed by atoms with Gasteiger partial charge in [-0.2, -0.15) is 0 Å². The van der Waals surface area contributed by atoms with E-state index < -0.39 is 11.8 Å². The van der Waals surface area contributed by atoms with Crippen molar-refractivity contribution in [1.29, 1.82) is 0 Å². The monoisotopic (exact) mass is 260 g/mol. The summed E-state index contributed by atoms with van der Waals surface area (Å²) in [7, 11) is 0. The Balaban J connectivity index is 1.99. The quantitative estimate of drug-likeness (QED) is 0.865. The Labute approximate surface area is 109 Å². The average molecular weight is 260 g/mol. The molecule has 2 aromatic rings. The molecule has 1 heterocycles. The molecule has 0 saturated heterocycles. The number of hydrogen-bond donors (Lipinski definition) is 2. The van der Waals surface area contributed by atoms with Gasteiger partial charge < -0.3 is 10.4 Å². The Morgan fingerprint density at radius 3 is 2.84 bits per heavy atom. The van der Waals surface area contributed by atoms with Crippen molar-refractivity contribution < 1.29 is 14.3 Å². The van der Waals surface area contributed by atoms with E-state index in [0.717, 1.165) is 5.56 Å². The van der Waals surface area contributed by atoms with Gasteiger partial charge in [0.05, 0.1) is 5.56 Å². The van der Waals surface area contributed by atoms with Crippen LogP contribution in [0.4, 0.5) is 4.39 Å². The van der Waals surface area contributed by atoms with Gasteiger partial charge in [-0.25, -0.2) is 9.18 Å². The molecule has 0 spiro atoms. The molecule has 0 fully saturated rings. The normalized spacial score (nSPS) is 10.4. The van der Waals surface area contributed by atoms with Gasteiger partial charge in [-0.15, -0.1) is 0 Å². The number of rotatable bonds is 5. The van der Waals surface area contributed by atoms with Crippen LogP contribution in [0.2, 0.25) is 0 Å². The SMILES string of the molecule is O=C(O)c1ccc(F)c(CNCc2cccnc2)c1. The summed E-state index contributed by atoms with van der Waals surface area (Å²) in [6, 6.07) is 7.49. The van der Waals surface area contributed by atoms with E-state index in [0.29, 0.717) is 12.1 Å². The van der Waals surface area contributed by atoms with E-state index >= 15 is 0 Å². The Morgan fingerprint density at radius 2 is 2.16 bits per heavy atom. The molecule has 0 bridgehead atoms. The number of halogens is 1. The fourth-order valence-electron chi connectivity index (χ4n) is 1.69. The number of nitrogens with zero attached hydrogens (tertiary/aromatic N) is 1. The van der Waals surface area contributed by atoms with Gasteiger partial charge in [0.1, 0.15) is 5.82 Å². The van der Waals surface area contributed by atoms with Gasteiger partial charge in [-0.3, -0.25) is 4.98 Å². The van der Waals surface area contributed by atoms with E-state index in [-0.39, 0.29) is 12.1 Å². The Bertz CT molecular complexity index is 573. The summed E-state index contributed by atoms with van der Waals surface area (Å²) in [6.45, 7) is 0.812. The summed E-state index contributed by atoms with van der Waals surface area (Å²) in [6.07, 6.45) is 3.40. The summed E-state index contributed by atoms with van der Waals surface area (Å²) < 4.78 is 13.5. The molecular weight excluding hydrogens is 247 g/mol. The molecule has 0 saturated carbocycles. The molecule has 1 aromatic carbocycles. The minimum atomic E-state index is -1.06. The molecule has 4 nitrogen and oxygen atoms in total. The number of nitrogens with one attached hydrogen (secondary N) is 1. The molecule has 2 N–H and O–H groups in total. The van der Waals surface area contributed by atoms with Crippen molar-refractivity contribution >= 4 is 5.97 Å². The largest absolute Gasteiger partial charge is 0.478 e. The number of aromatic nitrogens is 1. The van der Waals surface area contributed by atoms with Crippen molar-refractivity contribution in [2.75, 3.05) is 0 Å². The predicted molar refractivity (Wildman–Crippen MR) is 68.1 cm³/mol. The zero-order valence-corrected chi connectivity index (χ0v) is 10.1. The molecule has 0 aliphatic rings. The van der Waals surface area contributed by atoms with Gasteiger partial charge in [-0.05, 0) is 29.8 Å². The van der Waals surface area contributed by atoms with Gasteiger partial charge in [0.2, 0.25) is 0 Å². The van der Waals surface area contributed by atoms with Gasteiger partial charge in [0, 0.05) is 31.0 Å². The third kappa shape index (κ3) is 3.59. The first-order valence-electron chi connectivity index (χ1n) is 5.78. The highest BCUT2D eigenvalue weighted by Crippen LogP contribution is 2.11. The molecule has 98 valence electrons. The third-order valence-electron chi connectivity index (χ3n) is 2.66. The maximum absolute atomic E-state index is 13.5. The van der Waals surface area contributed by atoms with Gasteiger partial charge in [0.15, 0.2) is 0 Å². The molecule has 0 radical (unpaired) electrons. The fourth-order valence-corrected chi connectivity index (χ4v) is 1.69. The summed E-state index contributed by atoms with van der Waals surface area (Å²) >= 11 is 0. The molecule has 0 unspecified atom stereocenters. The molecule has 1 aromatic heterocycles. The number of carbonyl (C=O) groups is 1. The number of hydrogen-bond acceptors (Lipinski definition) is 3. The van der Waals surface area contributed by atoms with Gasteiger partial charge in [-0.1, -0.05) is 6.07 Å². The molecule has 5 heteroatoms. The summed E-state index contributed by atoms with van der Waals surface area (Å²) in [5.74, 6) is -1.47. The lowest BCUT2D eigenvalue weighted by Crippen LogP contribution is -2.14. The van der Waals surface area contributed by atoms with Gasteiger partial charge in [0.25, 0.3) is 0 Å². The van der Waals surface area contributed by atoms with E-state index in [2.05, 4.69) is 10.3 Å². The third-order valence-corrected chi connectivity index (χ3v) is 2.66. The average Bonchev–Trinajstić information content (AvgIpc) is 2.42. The molecule has 0 atom stereocenters. The summed E-state index contributed by atoms with van der Waals surface area (Å²) in [5.41, 5.74) is 1.40. The fraction of sp³-hybridized carbons (Fsp3) is 0.143. The van der Waals surface area contributed by atoms with Crippen LogP contribution < -0.4 is 5.32 Å². The number of pyridine rings is 1. The van der Waals surface area contributed by atoms with E-state index in [9.17, 15) is 9.18 Å². The minimum absolute atomic E-state index is 0.0829. The second-order valence-corrected chi connectivity index (χ2v) is 4.08. The lowest BCUT2D eigenvalue weighted by Gasteiger charge is -2.07. The predicted octanol–water partition coefficient (Wildman–Crippen LogP) is 2.21. The smallest absolute Gasteiger partial charge is 0.335 e. The molecule has 0 amide bonds. The van der Waals surface area contributed by atoms with Crippen molar-refractivity contribution in [2.24, 2.45) is 0 Å². The maximum Gasteiger partial charge on any atom is 0.335 e. The van der Waals surface area contributed by atoms with Crippen molar-refractivity contribution in [1.82, 2.24) is 10.3 Å². The Morgan fingerprint density at radius 1 is 1.32 bits per heavy atom. The standard InChI is InChI=1S/C14H13FN2O2/c15-13-4-3-11(14(18)19)6-12(13)9-17-8-10-2-1-5-16-7-10/h1-7,17H,8-9H2,(H,18,19). The number of carboxylic acid groups (broad SMARTS) is 1. The zero-order valence-electron chi connectivity index (χ0n) is 10.1. The molecule has 19 heavy (non-hydrogen) atoms. The molecule has 0 aliphatic heterocycles. The highest BCUT2D eigenvalue weighted by atomic mass is 19.1. The summed E-state index contributed by atoms with van der Waals surface area (Å²) in [5, 5.41) is 11.9. The van der Waals surface area contributed by atoms with Crippen LogP contribution in [-0.2, 0) is 13.1 Å². The molecule has 2 rings (SSSR count). The van der Waals surface area contributed by atoms with Crippen LogP contribution in [0, 0.1) is 5.82 Å². The second kappa shape index (κ2) is 6.06. The van der Waals surface area contributed by atoms with Crippen LogP contribution >= 0.6 is 0 Å². The molecule has 0 aliphatic carbocycles. The van der Waals surface area contributed by atoms with E-state index in [1.165, 1.54) is 18.2 Å². The zero-order chi connectivity index (χ0) is 13.7. The van der Waals surface area contributed by atoms with Crippen LogP contribution in [0.25, 0.3) is 0 Å². The highest BCUT2D eigenvalue weighted by molar-refractivity contribution is 5.87. The number of benzene rings is 1. The number of carboxylic acids is 1. The minimum Gasteiger partial charge on any atom is -0.478 e. The Kier molecular flexibility index (Phi) is 4.20. The van der Waals surface area contributed by atoms with E-state index in [4.69, 9.17) is 5.11 Å².